The number of aromatic nitrogens is 1. The molecule has 0 spiro atoms. The maximum Gasteiger partial charge on any atom is 0.308 e. The fourth-order valence-electron chi connectivity index (χ4n) is 2.34. The predicted molar refractivity (Wildman–Crippen MR) is 72.4 cm³/mol. The Morgan fingerprint density at radius 2 is 2.30 bits per heavy atom. The molecule has 1 amide bonds. The van der Waals surface area contributed by atoms with E-state index in [9.17, 15) is 9.59 Å². The zero-order chi connectivity index (χ0) is 14.5. The molecule has 1 fully saturated rings. The lowest BCUT2D eigenvalue weighted by Crippen LogP contribution is -2.46. The van der Waals surface area contributed by atoms with Crippen molar-refractivity contribution in [3.63, 3.8) is 0 Å². The number of carbonyl (C=O) groups is 2. The Morgan fingerprint density at radius 1 is 1.50 bits per heavy atom. The van der Waals surface area contributed by atoms with Crippen molar-refractivity contribution in [3.05, 3.63) is 24.0 Å². The Morgan fingerprint density at radius 3 is 3.00 bits per heavy atom. The summed E-state index contributed by atoms with van der Waals surface area (Å²) in [6.45, 7) is 4.16. The van der Waals surface area contributed by atoms with Crippen molar-refractivity contribution >= 4 is 11.9 Å². The van der Waals surface area contributed by atoms with E-state index in [0.717, 1.165) is 6.54 Å². The van der Waals surface area contributed by atoms with E-state index < -0.39 is 0 Å². The van der Waals surface area contributed by atoms with Gasteiger partial charge in [0.1, 0.15) is 5.69 Å². The molecule has 1 aliphatic heterocycles. The number of amides is 1. The van der Waals surface area contributed by atoms with Crippen LogP contribution in [-0.2, 0) is 20.8 Å². The van der Waals surface area contributed by atoms with Crippen molar-refractivity contribution in [3.8, 4) is 0 Å². The standard InChI is InChI=1S/C14H20N2O4/c1-3-15-6-4-5-12(15)14(18)16-7-8-20-11(10-16)9-13(17)19-2/h4-6,11H,3,7-10H2,1-2H3. The quantitative estimate of drug-likeness (QED) is 0.769. The molecule has 6 nitrogen and oxygen atoms in total. The number of hydrogen-bond acceptors (Lipinski definition) is 4. The van der Waals surface area contributed by atoms with Crippen LogP contribution in [-0.4, -0.2) is 54.3 Å². The summed E-state index contributed by atoms with van der Waals surface area (Å²) in [5.74, 6) is -0.337. The van der Waals surface area contributed by atoms with Crippen LogP contribution in [0.3, 0.4) is 0 Å². The van der Waals surface area contributed by atoms with Crippen molar-refractivity contribution in [2.24, 2.45) is 0 Å². The van der Waals surface area contributed by atoms with Crippen LogP contribution in [0, 0.1) is 0 Å². The minimum Gasteiger partial charge on any atom is -0.469 e. The van der Waals surface area contributed by atoms with Crippen LogP contribution >= 0.6 is 0 Å². The third-order valence-corrected chi connectivity index (χ3v) is 3.44. The van der Waals surface area contributed by atoms with Gasteiger partial charge in [-0.25, -0.2) is 0 Å². The number of aryl methyl sites for hydroxylation is 1. The van der Waals surface area contributed by atoms with E-state index >= 15 is 0 Å². The smallest absolute Gasteiger partial charge is 0.308 e. The van der Waals surface area contributed by atoms with Gasteiger partial charge in [0, 0.05) is 25.8 Å². The molecule has 0 saturated carbocycles. The van der Waals surface area contributed by atoms with Crippen molar-refractivity contribution in [1.82, 2.24) is 9.47 Å². The highest BCUT2D eigenvalue weighted by atomic mass is 16.5. The van der Waals surface area contributed by atoms with Crippen LogP contribution in [0.5, 0.6) is 0 Å². The van der Waals surface area contributed by atoms with E-state index in [4.69, 9.17) is 4.74 Å². The van der Waals surface area contributed by atoms with E-state index in [2.05, 4.69) is 4.74 Å². The van der Waals surface area contributed by atoms with Gasteiger partial charge in [0.05, 0.1) is 26.2 Å². The molecule has 1 aliphatic rings. The molecule has 2 heterocycles. The fraction of sp³-hybridized carbons (Fsp3) is 0.571. The summed E-state index contributed by atoms with van der Waals surface area (Å²) in [5.41, 5.74) is 0.672. The molecule has 2 rings (SSSR count). The Hall–Kier alpha value is -1.82. The van der Waals surface area contributed by atoms with Gasteiger partial charge in [0.25, 0.3) is 5.91 Å². The number of carbonyl (C=O) groups excluding carboxylic acids is 2. The van der Waals surface area contributed by atoms with E-state index in [-0.39, 0.29) is 24.4 Å². The first-order valence-electron chi connectivity index (χ1n) is 6.78. The molecule has 0 bridgehead atoms. The molecule has 1 aromatic rings. The van der Waals surface area contributed by atoms with Gasteiger partial charge in [0.2, 0.25) is 0 Å². The van der Waals surface area contributed by atoms with Gasteiger partial charge in [-0.15, -0.1) is 0 Å². The monoisotopic (exact) mass is 280 g/mol. The normalized spacial score (nSPS) is 18.9. The summed E-state index contributed by atoms with van der Waals surface area (Å²) in [7, 11) is 1.35. The van der Waals surface area contributed by atoms with Gasteiger partial charge in [-0.2, -0.15) is 0 Å². The fourth-order valence-corrected chi connectivity index (χ4v) is 2.34. The van der Waals surface area contributed by atoms with Crippen molar-refractivity contribution in [2.75, 3.05) is 26.8 Å². The molecule has 110 valence electrons. The minimum absolute atomic E-state index is 0.0185. The van der Waals surface area contributed by atoms with Gasteiger partial charge in [-0.05, 0) is 19.1 Å². The first-order valence-corrected chi connectivity index (χ1v) is 6.78. The average Bonchev–Trinajstić information content (AvgIpc) is 2.95. The Labute approximate surface area is 118 Å². The van der Waals surface area contributed by atoms with Crippen LogP contribution in [0.15, 0.2) is 18.3 Å². The lowest BCUT2D eigenvalue weighted by molar-refractivity contribution is -0.145. The van der Waals surface area contributed by atoms with Crippen molar-refractivity contribution < 1.29 is 19.1 Å². The highest BCUT2D eigenvalue weighted by molar-refractivity contribution is 5.92. The van der Waals surface area contributed by atoms with Crippen molar-refractivity contribution in [2.45, 2.75) is 26.0 Å². The molecule has 1 aromatic heterocycles. The second kappa shape index (κ2) is 6.56. The number of rotatable bonds is 4. The van der Waals surface area contributed by atoms with E-state index in [0.29, 0.717) is 25.4 Å². The zero-order valence-electron chi connectivity index (χ0n) is 11.9. The van der Waals surface area contributed by atoms with E-state index in [1.54, 1.807) is 4.90 Å². The highest BCUT2D eigenvalue weighted by Crippen LogP contribution is 2.14. The Kier molecular flexibility index (Phi) is 4.79. The second-order valence-corrected chi connectivity index (χ2v) is 4.70. The molecular formula is C14H20N2O4. The van der Waals surface area contributed by atoms with Crippen molar-refractivity contribution in [1.29, 1.82) is 0 Å². The SMILES string of the molecule is CCn1cccc1C(=O)N1CCOC(CC(=O)OC)C1. The van der Waals surface area contributed by atoms with Crippen LogP contribution < -0.4 is 0 Å². The molecule has 20 heavy (non-hydrogen) atoms. The molecule has 0 radical (unpaired) electrons. The van der Waals surface area contributed by atoms with Crippen LogP contribution in [0.1, 0.15) is 23.8 Å². The molecule has 1 unspecified atom stereocenters. The van der Waals surface area contributed by atoms with Gasteiger partial charge in [-0.1, -0.05) is 0 Å². The highest BCUT2D eigenvalue weighted by Gasteiger charge is 2.27. The van der Waals surface area contributed by atoms with E-state index in [1.165, 1.54) is 7.11 Å². The largest absolute Gasteiger partial charge is 0.469 e. The molecule has 6 heteroatoms. The molecule has 1 saturated heterocycles. The molecule has 1 atom stereocenters. The third-order valence-electron chi connectivity index (χ3n) is 3.44. The summed E-state index contributed by atoms with van der Waals surface area (Å²) in [5, 5.41) is 0. The maximum atomic E-state index is 12.5. The summed E-state index contributed by atoms with van der Waals surface area (Å²) in [6.07, 6.45) is 1.78. The first-order chi connectivity index (χ1) is 9.65. The Bertz CT molecular complexity index is 483. The van der Waals surface area contributed by atoms with Crippen LogP contribution in [0.4, 0.5) is 0 Å². The minimum atomic E-state index is -0.318. The number of ether oxygens (including phenoxy) is 2. The van der Waals surface area contributed by atoms with Gasteiger partial charge in [-0.3, -0.25) is 9.59 Å². The number of morpholine rings is 1. The lowest BCUT2D eigenvalue weighted by Gasteiger charge is -2.32. The van der Waals surface area contributed by atoms with Gasteiger partial charge < -0.3 is 18.9 Å². The molecule has 0 N–H and O–H groups in total. The summed E-state index contributed by atoms with van der Waals surface area (Å²) >= 11 is 0. The van der Waals surface area contributed by atoms with Gasteiger partial charge in [0.15, 0.2) is 0 Å². The maximum absolute atomic E-state index is 12.5. The zero-order valence-corrected chi connectivity index (χ0v) is 11.9. The number of esters is 1. The first kappa shape index (κ1) is 14.6. The number of nitrogens with zero attached hydrogens (tertiary/aromatic N) is 2. The third kappa shape index (κ3) is 3.19. The topological polar surface area (TPSA) is 60.8 Å². The summed E-state index contributed by atoms with van der Waals surface area (Å²) < 4.78 is 12.0. The summed E-state index contributed by atoms with van der Waals surface area (Å²) in [4.78, 5) is 25.5. The Balaban J connectivity index is 2.01. The second-order valence-electron chi connectivity index (χ2n) is 4.70. The number of methoxy groups -OCH3 is 1. The van der Waals surface area contributed by atoms with Crippen LogP contribution in [0.25, 0.3) is 0 Å². The van der Waals surface area contributed by atoms with Gasteiger partial charge >= 0.3 is 5.97 Å². The molecular weight excluding hydrogens is 260 g/mol. The molecule has 0 aliphatic carbocycles. The van der Waals surface area contributed by atoms with E-state index in [1.807, 2.05) is 29.8 Å². The molecule has 0 aromatic carbocycles. The number of hydrogen-bond donors (Lipinski definition) is 0. The summed E-state index contributed by atoms with van der Waals surface area (Å²) in [6, 6.07) is 3.68. The average molecular weight is 280 g/mol. The lowest BCUT2D eigenvalue weighted by atomic mass is 10.2. The predicted octanol–water partition coefficient (Wildman–Crippen LogP) is 0.912. The van der Waals surface area contributed by atoms with Crippen LogP contribution in [0.2, 0.25) is 0 Å².